The Morgan fingerprint density at radius 1 is 1.24 bits per heavy atom. The first-order valence-corrected chi connectivity index (χ1v) is 7.39. The van der Waals surface area contributed by atoms with Gasteiger partial charge in [0.25, 0.3) is 0 Å². The molecule has 1 aliphatic rings. The number of amides is 2. The summed E-state index contributed by atoms with van der Waals surface area (Å²) in [6.45, 7) is 7.94. The minimum atomic E-state index is -0.864. The SMILES string of the molecule is CC1CCC(C(=O)O)CN1C(=O)CNC(=O)CC(C)(C)C. The molecular formula is C15H26N2O4. The predicted octanol–water partition coefficient (Wildman–Crippen LogP) is 1.25. The van der Waals surface area contributed by atoms with Crippen LogP contribution in [0.4, 0.5) is 0 Å². The molecule has 120 valence electrons. The molecule has 1 fully saturated rings. The summed E-state index contributed by atoms with van der Waals surface area (Å²) >= 11 is 0. The van der Waals surface area contributed by atoms with Gasteiger partial charge in [-0.15, -0.1) is 0 Å². The molecule has 6 nitrogen and oxygen atoms in total. The van der Waals surface area contributed by atoms with Crippen LogP contribution in [0.3, 0.4) is 0 Å². The lowest BCUT2D eigenvalue weighted by atomic mass is 9.92. The molecule has 1 heterocycles. The van der Waals surface area contributed by atoms with E-state index in [9.17, 15) is 14.4 Å². The topological polar surface area (TPSA) is 86.7 Å². The predicted molar refractivity (Wildman–Crippen MR) is 78.6 cm³/mol. The zero-order valence-corrected chi connectivity index (χ0v) is 13.3. The van der Waals surface area contributed by atoms with Gasteiger partial charge in [-0.2, -0.15) is 0 Å². The van der Waals surface area contributed by atoms with E-state index in [0.29, 0.717) is 19.3 Å². The summed E-state index contributed by atoms with van der Waals surface area (Å²) in [6, 6.07) is 0.0209. The van der Waals surface area contributed by atoms with Gasteiger partial charge in [0.15, 0.2) is 0 Å². The van der Waals surface area contributed by atoms with Gasteiger partial charge in [-0.25, -0.2) is 0 Å². The number of carbonyl (C=O) groups excluding carboxylic acids is 2. The lowest BCUT2D eigenvalue weighted by Gasteiger charge is -2.36. The van der Waals surface area contributed by atoms with Crippen molar-refractivity contribution >= 4 is 17.8 Å². The molecule has 6 heteroatoms. The normalized spacial score (nSPS) is 22.8. The van der Waals surface area contributed by atoms with Crippen LogP contribution < -0.4 is 5.32 Å². The minimum absolute atomic E-state index is 0.0209. The molecule has 1 aliphatic heterocycles. The highest BCUT2D eigenvalue weighted by molar-refractivity contribution is 5.85. The summed E-state index contributed by atoms with van der Waals surface area (Å²) in [6.07, 6.45) is 1.63. The van der Waals surface area contributed by atoms with Crippen molar-refractivity contribution in [2.24, 2.45) is 11.3 Å². The van der Waals surface area contributed by atoms with Gasteiger partial charge in [0.05, 0.1) is 12.5 Å². The number of nitrogens with zero attached hydrogens (tertiary/aromatic N) is 1. The van der Waals surface area contributed by atoms with Gasteiger partial charge >= 0.3 is 5.97 Å². The number of hydrogen-bond donors (Lipinski definition) is 2. The van der Waals surface area contributed by atoms with Gasteiger partial charge in [0.1, 0.15) is 0 Å². The van der Waals surface area contributed by atoms with Crippen molar-refractivity contribution < 1.29 is 19.5 Å². The van der Waals surface area contributed by atoms with E-state index in [0.717, 1.165) is 0 Å². The second-order valence-electron chi connectivity index (χ2n) is 7.02. The van der Waals surface area contributed by atoms with Crippen molar-refractivity contribution in [3.63, 3.8) is 0 Å². The molecule has 2 unspecified atom stereocenters. The molecule has 0 aromatic rings. The number of carboxylic acid groups (broad SMARTS) is 1. The number of likely N-dealkylation sites (tertiary alicyclic amines) is 1. The van der Waals surface area contributed by atoms with Crippen molar-refractivity contribution in [1.82, 2.24) is 10.2 Å². The number of carboxylic acids is 1. The highest BCUT2D eigenvalue weighted by atomic mass is 16.4. The second kappa shape index (κ2) is 6.91. The molecule has 0 aromatic carbocycles. The van der Waals surface area contributed by atoms with E-state index in [1.165, 1.54) is 0 Å². The van der Waals surface area contributed by atoms with Gasteiger partial charge in [-0.3, -0.25) is 14.4 Å². The van der Waals surface area contributed by atoms with E-state index in [4.69, 9.17) is 5.11 Å². The monoisotopic (exact) mass is 298 g/mol. The third-order valence-corrected chi connectivity index (χ3v) is 3.68. The Morgan fingerprint density at radius 2 is 1.86 bits per heavy atom. The van der Waals surface area contributed by atoms with Gasteiger partial charge in [0.2, 0.25) is 11.8 Å². The molecule has 2 N–H and O–H groups in total. The molecule has 21 heavy (non-hydrogen) atoms. The molecule has 2 atom stereocenters. The Balaban J connectivity index is 2.50. The van der Waals surface area contributed by atoms with Gasteiger partial charge < -0.3 is 15.3 Å². The standard InChI is InChI=1S/C15H26N2O4/c1-10-5-6-11(14(20)21)9-17(10)13(19)8-16-12(18)7-15(2,3)4/h10-11H,5-9H2,1-4H3,(H,16,18)(H,20,21). The van der Waals surface area contributed by atoms with Gasteiger partial charge in [-0.05, 0) is 25.2 Å². The van der Waals surface area contributed by atoms with E-state index >= 15 is 0 Å². The van der Waals surface area contributed by atoms with Gasteiger partial charge in [-0.1, -0.05) is 20.8 Å². The fraction of sp³-hybridized carbons (Fsp3) is 0.800. The highest BCUT2D eigenvalue weighted by Crippen LogP contribution is 2.22. The Labute approximate surface area is 125 Å². The Bertz CT molecular complexity index is 414. The number of nitrogens with one attached hydrogen (secondary N) is 1. The minimum Gasteiger partial charge on any atom is -0.481 e. The van der Waals surface area contributed by atoms with Crippen LogP contribution in [0.5, 0.6) is 0 Å². The Morgan fingerprint density at radius 3 is 2.38 bits per heavy atom. The van der Waals surface area contributed by atoms with E-state index in [2.05, 4.69) is 5.32 Å². The first-order valence-electron chi connectivity index (χ1n) is 7.39. The summed E-state index contributed by atoms with van der Waals surface area (Å²) in [5.74, 6) is -1.74. The van der Waals surface area contributed by atoms with Crippen LogP contribution in [0.1, 0.15) is 47.0 Å². The molecule has 0 radical (unpaired) electrons. The molecule has 0 aliphatic carbocycles. The molecule has 1 rings (SSSR count). The Hall–Kier alpha value is -1.59. The van der Waals surface area contributed by atoms with E-state index in [-0.39, 0.29) is 36.4 Å². The van der Waals surface area contributed by atoms with Crippen LogP contribution in [-0.2, 0) is 14.4 Å². The second-order valence-corrected chi connectivity index (χ2v) is 7.02. The van der Waals surface area contributed by atoms with Crippen LogP contribution >= 0.6 is 0 Å². The summed E-state index contributed by atoms with van der Waals surface area (Å²) in [7, 11) is 0. The van der Waals surface area contributed by atoms with Crippen molar-refractivity contribution in [1.29, 1.82) is 0 Å². The average Bonchev–Trinajstić information content (AvgIpc) is 2.34. The molecular weight excluding hydrogens is 272 g/mol. The first-order chi connectivity index (χ1) is 9.60. The number of piperidine rings is 1. The maximum Gasteiger partial charge on any atom is 0.308 e. The average molecular weight is 298 g/mol. The van der Waals surface area contributed by atoms with Crippen LogP contribution in [0, 0.1) is 11.3 Å². The smallest absolute Gasteiger partial charge is 0.308 e. The third kappa shape index (κ3) is 5.73. The summed E-state index contributed by atoms with van der Waals surface area (Å²) in [5, 5.41) is 11.7. The third-order valence-electron chi connectivity index (χ3n) is 3.68. The zero-order valence-electron chi connectivity index (χ0n) is 13.3. The van der Waals surface area contributed by atoms with Crippen LogP contribution in [-0.4, -0.2) is 46.9 Å². The maximum absolute atomic E-state index is 12.2. The number of aliphatic carboxylic acids is 1. The van der Waals surface area contributed by atoms with Crippen LogP contribution in [0.15, 0.2) is 0 Å². The first kappa shape index (κ1) is 17.5. The maximum atomic E-state index is 12.2. The highest BCUT2D eigenvalue weighted by Gasteiger charge is 2.32. The molecule has 0 bridgehead atoms. The van der Waals surface area contributed by atoms with E-state index < -0.39 is 11.9 Å². The Kier molecular flexibility index (Phi) is 5.75. The van der Waals surface area contributed by atoms with E-state index in [1.807, 2.05) is 27.7 Å². The van der Waals surface area contributed by atoms with Crippen molar-refractivity contribution in [2.75, 3.05) is 13.1 Å². The molecule has 0 saturated carbocycles. The molecule has 1 saturated heterocycles. The fourth-order valence-corrected chi connectivity index (χ4v) is 2.48. The van der Waals surface area contributed by atoms with E-state index in [1.54, 1.807) is 4.90 Å². The van der Waals surface area contributed by atoms with Crippen LogP contribution in [0.25, 0.3) is 0 Å². The molecule has 0 aromatic heterocycles. The van der Waals surface area contributed by atoms with Crippen LogP contribution in [0.2, 0.25) is 0 Å². The summed E-state index contributed by atoms with van der Waals surface area (Å²) < 4.78 is 0. The van der Waals surface area contributed by atoms with Crippen molar-refractivity contribution in [2.45, 2.75) is 53.0 Å². The zero-order chi connectivity index (χ0) is 16.2. The molecule has 2 amide bonds. The lowest BCUT2D eigenvalue weighted by Crippen LogP contribution is -2.50. The van der Waals surface area contributed by atoms with Gasteiger partial charge in [0, 0.05) is 19.0 Å². The lowest BCUT2D eigenvalue weighted by molar-refractivity contribution is -0.147. The number of carbonyl (C=O) groups is 3. The fourth-order valence-electron chi connectivity index (χ4n) is 2.48. The summed E-state index contributed by atoms with van der Waals surface area (Å²) in [4.78, 5) is 36.5. The molecule has 0 spiro atoms. The number of rotatable bonds is 4. The van der Waals surface area contributed by atoms with Crippen molar-refractivity contribution in [3.05, 3.63) is 0 Å². The quantitative estimate of drug-likeness (QED) is 0.818. The summed E-state index contributed by atoms with van der Waals surface area (Å²) in [5.41, 5.74) is -0.125. The number of hydrogen-bond acceptors (Lipinski definition) is 3. The largest absolute Gasteiger partial charge is 0.481 e. The van der Waals surface area contributed by atoms with Crippen molar-refractivity contribution in [3.8, 4) is 0 Å².